The highest BCUT2D eigenvalue weighted by Gasteiger charge is 2.45. The maximum absolute atomic E-state index is 12.6. The van der Waals surface area contributed by atoms with Crippen LogP contribution in [0, 0.1) is 5.92 Å². The minimum Gasteiger partial charge on any atom is -0.482 e. The van der Waals surface area contributed by atoms with E-state index in [0.29, 0.717) is 17.3 Å². The molecule has 1 amide bonds. The smallest absolute Gasteiger partial charge is 0.341 e. The Morgan fingerprint density at radius 2 is 1.96 bits per heavy atom. The average Bonchev–Trinajstić information content (AvgIpc) is 3.41. The van der Waals surface area contributed by atoms with Crippen LogP contribution in [0.25, 0.3) is 0 Å². The van der Waals surface area contributed by atoms with E-state index >= 15 is 0 Å². The number of benzene rings is 2. The van der Waals surface area contributed by atoms with Gasteiger partial charge in [-0.05, 0) is 47.7 Å². The molecule has 2 atom stereocenters. The van der Waals surface area contributed by atoms with E-state index in [1.165, 1.54) is 0 Å². The van der Waals surface area contributed by atoms with Crippen LogP contribution >= 0.6 is 11.6 Å². The molecule has 1 saturated carbocycles. The number of hydrogen-bond acceptors (Lipinski definition) is 3. The average molecular weight is 374 g/mol. The SMILES string of the molecule is CN(Cc1ccc(OCC(=O)O)cc1)C(=O)C1CC1c1cccc(Cl)c1. The summed E-state index contributed by atoms with van der Waals surface area (Å²) in [6.07, 6.45) is 0.853. The van der Waals surface area contributed by atoms with Crippen molar-refractivity contribution < 1.29 is 19.4 Å². The maximum Gasteiger partial charge on any atom is 0.341 e. The topological polar surface area (TPSA) is 66.8 Å². The van der Waals surface area contributed by atoms with Crippen LogP contribution in [0.3, 0.4) is 0 Å². The van der Waals surface area contributed by atoms with Gasteiger partial charge in [0.1, 0.15) is 5.75 Å². The predicted molar refractivity (Wildman–Crippen MR) is 98.3 cm³/mol. The standard InChI is InChI=1S/C20H20ClNO4/c1-22(11-13-5-7-16(8-6-13)26-12-19(23)24)20(25)18-10-17(18)14-3-2-4-15(21)9-14/h2-9,17-18H,10-12H2,1H3,(H,23,24). The van der Waals surface area contributed by atoms with E-state index in [0.717, 1.165) is 17.5 Å². The van der Waals surface area contributed by atoms with Crippen LogP contribution in [0.5, 0.6) is 5.75 Å². The number of carbonyl (C=O) groups excluding carboxylic acids is 1. The first-order valence-corrected chi connectivity index (χ1v) is 8.76. The second-order valence-electron chi connectivity index (χ2n) is 6.52. The van der Waals surface area contributed by atoms with Crippen molar-refractivity contribution in [3.63, 3.8) is 0 Å². The Labute approximate surface area is 157 Å². The number of nitrogens with zero attached hydrogens (tertiary/aromatic N) is 1. The molecule has 0 bridgehead atoms. The van der Waals surface area contributed by atoms with E-state index in [2.05, 4.69) is 0 Å². The fraction of sp³-hybridized carbons (Fsp3) is 0.300. The molecular formula is C20H20ClNO4. The molecule has 0 heterocycles. The minimum absolute atomic E-state index is 0.0108. The van der Waals surface area contributed by atoms with Crippen molar-refractivity contribution in [1.82, 2.24) is 4.90 Å². The van der Waals surface area contributed by atoms with Gasteiger partial charge in [0.15, 0.2) is 6.61 Å². The Morgan fingerprint density at radius 3 is 2.62 bits per heavy atom. The summed E-state index contributed by atoms with van der Waals surface area (Å²) in [4.78, 5) is 24.9. The van der Waals surface area contributed by atoms with Crippen LogP contribution in [-0.4, -0.2) is 35.5 Å². The molecular weight excluding hydrogens is 354 g/mol. The Kier molecular flexibility index (Phi) is 5.47. The normalized spacial score (nSPS) is 18.2. The van der Waals surface area contributed by atoms with Crippen molar-refractivity contribution in [3.05, 3.63) is 64.7 Å². The lowest BCUT2D eigenvalue weighted by Crippen LogP contribution is -2.28. The van der Waals surface area contributed by atoms with Gasteiger partial charge in [-0.1, -0.05) is 35.9 Å². The van der Waals surface area contributed by atoms with Crippen molar-refractivity contribution in [2.24, 2.45) is 5.92 Å². The molecule has 1 aliphatic carbocycles. The van der Waals surface area contributed by atoms with Crippen LogP contribution in [0.15, 0.2) is 48.5 Å². The zero-order chi connectivity index (χ0) is 18.7. The monoisotopic (exact) mass is 373 g/mol. The van der Waals surface area contributed by atoms with Crippen molar-refractivity contribution >= 4 is 23.5 Å². The number of aliphatic carboxylic acids is 1. The molecule has 3 rings (SSSR count). The fourth-order valence-electron chi connectivity index (χ4n) is 3.04. The van der Waals surface area contributed by atoms with Crippen molar-refractivity contribution in [1.29, 1.82) is 0 Å². The van der Waals surface area contributed by atoms with E-state index in [1.807, 2.05) is 36.4 Å². The first-order valence-electron chi connectivity index (χ1n) is 8.38. The number of rotatable bonds is 7. The van der Waals surface area contributed by atoms with Gasteiger partial charge in [0.05, 0.1) is 0 Å². The van der Waals surface area contributed by atoms with Crippen LogP contribution in [0.2, 0.25) is 5.02 Å². The third-order valence-electron chi connectivity index (χ3n) is 4.47. The first kappa shape index (κ1) is 18.3. The summed E-state index contributed by atoms with van der Waals surface area (Å²) in [5.41, 5.74) is 2.08. The zero-order valence-corrected chi connectivity index (χ0v) is 15.1. The number of carboxylic acid groups (broad SMARTS) is 1. The number of carbonyl (C=O) groups is 2. The lowest BCUT2D eigenvalue weighted by atomic mass is 10.1. The molecule has 2 unspecified atom stereocenters. The summed E-state index contributed by atoms with van der Waals surface area (Å²) in [6.45, 7) is 0.126. The van der Waals surface area contributed by atoms with Crippen LogP contribution in [-0.2, 0) is 16.1 Å². The van der Waals surface area contributed by atoms with Gasteiger partial charge in [-0.3, -0.25) is 4.79 Å². The molecule has 0 saturated heterocycles. The van der Waals surface area contributed by atoms with Crippen molar-refractivity contribution in [2.45, 2.75) is 18.9 Å². The van der Waals surface area contributed by atoms with Gasteiger partial charge in [-0.2, -0.15) is 0 Å². The zero-order valence-electron chi connectivity index (χ0n) is 14.4. The Balaban J connectivity index is 1.54. The highest BCUT2D eigenvalue weighted by molar-refractivity contribution is 6.30. The Morgan fingerprint density at radius 1 is 1.23 bits per heavy atom. The van der Waals surface area contributed by atoms with Crippen molar-refractivity contribution in [2.75, 3.05) is 13.7 Å². The summed E-state index contributed by atoms with van der Waals surface area (Å²) >= 11 is 6.03. The number of halogens is 1. The Bertz CT molecular complexity index is 806. The van der Waals surface area contributed by atoms with Gasteiger partial charge in [0.25, 0.3) is 0 Å². The molecule has 0 aromatic heterocycles. The molecule has 1 aliphatic rings. The van der Waals surface area contributed by atoms with Crippen LogP contribution in [0.4, 0.5) is 0 Å². The molecule has 1 N–H and O–H groups in total. The number of amides is 1. The predicted octanol–water partition coefficient (Wildman–Crippen LogP) is 3.57. The second-order valence-corrected chi connectivity index (χ2v) is 6.96. The summed E-state index contributed by atoms with van der Waals surface area (Å²) < 4.78 is 5.10. The minimum atomic E-state index is -1.02. The lowest BCUT2D eigenvalue weighted by Gasteiger charge is -2.18. The van der Waals surface area contributed by atoms with E-state index in [4.69, 9.17) is 21.4 Å². The van der Waals surface area contributed by atoms with E-state index in [1.54, 1.807) is 24.1 Å². The molecule has 136 valence electrons. The fourth-order valence-corrected chi connectivity index (χ4v) is 3.24. The van der Waals surface area contributed by atoms with Gasteiger partial charge < -0.3 is 14.7 Å². The van der Waals surface area contributed by atoms with Gasteiger partial charge in [0.2, 0.25) is 5.91 Å². The van der Waals surface area contributed by atoms with Crippen molar-refractivity contribution in [3.8, 4) is 5.75 Å². The third-order valence-corrected chi connectivity index (χ3v) is 4.70. The molecule has 6 heteroatoms. The van der Waals surface area contributed by atoms with Gasteiger partial charge >= 0.3 is 5.97 Å². The van der Waals surface area contributed by atoms with Crippen LogP contribution in [0.1, 0.15) is 23.5 Å². The Hall–Kier alpha value is -2.53. The summed E-state index contributed by atoms with van der Waals surface area (Å²) in [6, 6.07) is 14.8. The highest BCUT2D eigenvalue weighted by atomic mass is 35.5. The molecule has 0 spiro atoms. The molecule has 0 radical (unpaired) electrons. The van der Waals surface area contributed by atoms with E-state index in [9.17, 15) is 9.59 Å². The number of carboxylic acids is 1. The second kappa shape index (κ2) is 7.79. The largest absolute Gasteiger partial charge is 0.482 e. The van der Waals surface area contributed by atoms with Gasteiger partial charge in [-0.15, -0.1) is 0 Å². The summed E-state index contributed by atoms with van der Waals surface area (Å²) in [5, 5.41) is 9.30. The third kappa shape index (κ3) is 4.55. The molecule has 2 aromatic rings. The van der Waals surface area contributed by atoms with Gasteiger partial charge in [-0.25, -0.2) is 4.79 Å². The van der Waals surface area contributed by atoms with E-state index < -0.39 is 5.97 Å². The summed E-state index contributed by atoms with van der Waals surface area (Å²) in [5.74, 6) is -0.139. The number of ether oxygens (including phenoxy) is 1. The molecule has 1 fully saturated rings. The lowest BCUT2D eigenvalue weighted by molar-refractivity contribution is -0.139. The molecule has 0 aliphatic heterocycles. The van der Waals surface area contributed by atoms with Gasteiger partial charge in [0, 0.05) is 24.5 Å². The van der Waals surface area contributed by atoms with E-state index in [-0.39, 0.29) is 24.3 Å². The highest BCUT2D eigenvalue weighted by Crippen LogP contribution is 2.48. The summed E-state index contributed by atoms with van der Waals surface area (Å²) in [7, 11) is 1.80. The molecule has 2 aromatic carbocycles. The molecule has 5 nitrogen and oxygen atoms in total. The quantitative estimate of drug-likeness (QED) is 0.805. The maximum atomic E-state index is 12.6. The molecule has 26 heavy (non-hydrogen) atoms. The number of hydrogen-bond donors (Lipinski definition) is 1. The first-order chi connectivity index (χ1) is 12.4. The van der Waals surface area contributed by atoms with Crippen LogP contribution < -0.4 is 4.74 Å².